The summed E-state index contributed by atoms with van der Waals surface area (Å²) in [6.07, 6.45) is 4.50. The monoisotopic (exact) mass is 244 g/mol. The highest BCUT2D eigenvalue weighted by Crippen LogP contribution is 2.27. The van der Waals surface area contributed by atoms with Gasteiger partial charge >= 0.3 is 0 Å². The first kappa shape index (κ1) is 13.0. The zero-order chi connectivity index (χ0) is 12.8. The fourth-order valence-corrected chi connectivity index (χ4v) is 1.95. The maximum atomic E-state index is 8.69. The molecule has 0 aromatic heterocycles. The average molecular weight is 244 g/mol. The van der Waals surface area contributed by atoms with Crippen molar-refractivity contribution in [2.24, 2.45) is 5.92 Å². The van der Waals surface area contributed by atoms with E-state index in [2.05, 4.69) is 11.8 Å². The van der Waals surface area contributed by atoms with E-state index in [0.29, 0.717) is 6.42 Å². The van der Waals surface area contributed by atoms with E-state index in [4.69, 9.17) is 9.84 Å². The standard InChI is InChI=1S/C16H20O2/c1-13-11-16(18-12-14-5-4-6-14)9-8-15(13)7-2-3-10-17/h8-9,11,14,17H,3-6,10,12H2,1H3. The molecule has 2 nitrogen and oxygen atoms in total. The number of aryl methyl sites for hydroxylation is 1. The van der Waals surface area contributed by atoms with Crippen LogP contribution in [-0.2, 0) is 0 Å². The van der Waals surface area contributed by atoms with Crippen LogP contribution in [-0.4, -0.2) is 18.3 Å². The Labute approximate surface area is 109 Å². The second-order valence-electron chi connectivity index (χ2n) is 4.86. The molecule has 0 aliphatic heterocycles. The van der Waals surface area contributed by atoms with Crippen molar-refractivity contribution in [3.63, 3.8) is 0 Å². The summed E-state index contributed by atoms with van der Waals surface area (Å²) in [5.41, 5.74) is 2.14. The summed E-state index contributed by atoms with van der Waals surface area (Å²) in [7, 11) is 0. The second kappa shape index (κ2) is 6.47. The summed E-state index contributed by atoms with van der Waals surface area (Å²) in [5, 5.41) is 8.69. The van der Waals surface area contributed by atoms with E-state index in [1.807, 2.05) is 25.1 Å². The van der Waals surface area contributed by atoms with Crippen molar-refractivity contribution in [2.75, 3.05) is 13.2 Å². The Kier molecular flexibility index (Phi) is 4.66. The van der Waals surface area contributed by atoms with Crippen LogP contribution in [0.25, 0.3) is 0 Å². The van der Waals surface area contributed by atoms with E-state index in [1.54, 1.807) is 0 Å². The van der Waals surface area contributed by atoms with Gasteiger partial charge in [-0.2, -0.15) is 0 Å². The predicted octanol–water partition coefficient (Wildman–Crippen LogP) is 2.91. The molecule has 1 N–H and O–H groups in total. The van der Waals surface area contributed by atoms with Crippen molar-refractivity contribution < 1.29 is 9.84 Å². The van der Waals surface area contributed by atoms with Crippen LogP contribution in [0.3, 0.4) is 0 Å². The van der Waals surface area contributed by atoms with Crippen molar-refractivity contribution in [1.82, 2.24) is 0 Å². The van der Waals surface area contributed by atoms with Crippen molar-refractivity contribution in [3.05, 3.63) is 29.3 Å². The normalized spacial score (nSPS) is 14.6. The summed E-state index contributed by atoms with van der Waals surface area (Å²) in [5.74, 6) is 7.70. The third-order valence-corrected chi connectivity index (χ3v) is 3.37. The Balaban J connectivity index is 1.93. The summed E-state index contributed by atoms with van der Waals surface area (Å²) in [6, 6.07) is 6.02. The minimum absolute atomic E-state index is 0.120. The molecule has 0 amide bonds. The molecule has 0 atom stereocenters. The first-order valence-corrected chi connectivity index (χ1v) is 6.63. The van der Waals surface area contributed by atoms with E-state index in [1.165, 1.54) is 19.3 Å². The van der Waals surface area contributed by atoms with Gasteiger partial charge in [0.05, 0.1) is 13.2 Å². The molecule has 1 aromatic carbocycles. The van der Waals surface area contributed by atoms with Crippen molar-refractivity contribution in [3.8, 4) is 17.6 Å². The largest absolute Gasteiger partial charge is 0.493 e. The van der Waals surface area contributed by atoms with Gasteiger partial charge in [-0.3, -0.25) is 0 Å². The van der Waals surface area contributed by atoms with Gasteiger partial charge in [-0.15, -0.1) is 0 Å². The molecule has 2 rings (SSSR count). The first-order valence-electron chi connectivity index (χ1n) is 6.63. The summed E-state index contributed by atoms with van der Waals surface area (Å²) in [6.45, 7) is 3.00. The van der Waals surface area contributed by atoms with Gasteiger partial charge in [-0.25, -0.2) is 0 Å². The Morgan fingerprint density at radius 3 is 2.83 bits per heavy atom. The maximum absolute atomic E-state index is 8.69. The lowest BCUT2D eigenvalue weighted by atomic mass is 9.86. The summed E-state index contributed by atoms with van der Waals surface area (Å²) in [4.78, 5) is 0. The van der Waals surface area contributed by atoms with Crippen LogP contribution >= 0.6 is 0 Å². The van der Waals surface area contributed by atoms with E-state index in [0.717, 1.165) is 29.4 Å². The Bertz CT molecular complexity index is 450. The number of hydrogen-bond acceptors (Lipinski definition) is 2. The molecule has 2 heteroatoms. The molecular weight excluding hydrogens is 224 g/mol. The van der Waals surface area contributed by atoms with E-state index in [-0.39, 0.29) is 6.61 Å². The lowest BCUT2D eigenvalue weighted by molar-refractivity contribution is 0.180. The fraction of sp³-hybridized carbons (Fsp3) is 0.500. The van der Waals surface area contributed by atoms with E-state index >= 15 is 0 Å². The number of rotatable bonds is 4. The van der Waals surface area contributed by atoms with Crippen molar-refractivity contribution >= 4 is 0 Å². The van der Waals surface area contributed by atoms with Crippen LogP contribution in [0.5, 0.6) is 5.75 Å². The summed E-state index contributed by atoms with van der Waals surface area (Å²) >= 11 is 0. The van der Waals surface area contributed by atoms with Gasteiger partial charge in [0, 0.05) is 12.0 Å². The van der Waals surface area contributed by atoms with Crippen molar-refractivity contribution in [1.29, 1.82) is 0 Å². The molecule has 1 aliphatic rings. The molecular formula is C16H20O2. The molecule has 0 unspecified atom stereocenters. The molecule has 1 fully saturated rings. The Morgan fingerprint density at radius 2 is 2.22 bits per heavy atom. The molecule has 0 radical (unpaired) electrons. The number of ether oxygens (including phenoxy) is 1. The van der Waals surface area contributed by atoms with Crippen LogP contribution in [0.15, 0.2) is 18.2 Å². The zero-order valence-electron chi connectivity index (χ0n) is 10.9. The minimum atomic E-state index is 0.120. The first-order chi connectivity index (χ1) is 8.79. The van der Waals surface area contributed by atoms with Gasteiger partial charge in [-0.05, 0) is 49.4 Å². The molecule has 0 heterocycles. The highest BCUT2D eigenvalue weighted by atomic mass is 16.5. The van der Waals surface area contributed by atoms with Crippen molar-refractivity contribution in [2.45, 2.75) is 32.6 Å². The van der Waals surface area contributed by atoms with Gasteiger partial charge in [0.25, 0.3) is 0 Å². The molecule has 0 saturated heterocycles. The third-order valence-electron chi connectivity index (χ3n) is 3.37. The number of aliphatic hydroxyl groups excluding tert-OH is 1. The van der Waals surface area contributed by atoms with Crippen LogP contribution in [0.2, 0.25) is 0 Å². The van der Waals surface area contributed by atoms with Gasteiger partial charge in [0.15, 0.2) is 0 Å². The van der Waals surface area contributed by atoms with Gasteiger partial charge in [0.1, 0.15) is 5.75 Å². The zero-order valence-corrected chi connectivity index (χ0v) is 10.9. The predicted molar refractivity (Wildman–Crippen MR) is 72.6 cm³/mol. The number of aliphatic hydroxyl groups is 1. The van der Waals surface area contributed by atoms with Gasteiger partial charge < -0.3 is 9.84 Å². The number of hydrogen-bond donors (Lipinski definition) is 1. The maximum Gasteiger partial charge on any atom is 0.119 e. The Morgan fingerprint density at radius 1 is 1.39 bits per heavy atom. The quantitative estimate of drug-likeness (QED) is 0.825. The smallest absolute Gasteiger partial charge is 0.119 e. The van der Waals surface area contributed by atoms with Crippen LogP contribution in [0, 0.1) is 24.7 Å². The lowest BCUT2D eigenvalue weighted by Gasteiger charge is -2.25. The second-order valence-corrected chi connectivity index (χ2v) is 4.86. The molecule has 1 aromatic rings. The van der Waals surface area contributed by atoms with E-state index < -0.39 is 0 Å². The van der Waals surface area contributed by atoms with E-state index in [9.17, 15) is 0 Å². The SMILES string of the molecule is Cc1cc(OCC2CCC2)ccc1C#CCCO. The number of benzene rings is 1. The highest BCUT2D eigenvalue weighted by Gasteiger charge is 2.17. The fourth-order valence-electron chi connectivity index (χ4n) is 1.95. The van der Waals surface area contributed by atoms with Crippen LogP contribution in [0.4, 0.5) is 0 Å². The molecule has 1 aliphatic carbocycles. The molecule has 1 saturated carbocycles. The van der Waals surface area contributed by atoms with Gasteiger partial charge in [0.2, 0.25) is 0 Å². The third kappa shape index (κ3) is 3.51. The molecule has 0 bridgehead atoms. The highest BCUT2D eigenvalue weighted by molar-refractivity contribution is 5.44. The summed E-state index contributed by atoms with van der Waals surface area (Å²) < 4.78 is 5.78. The molecule has 0 spiro atoms. The average Bonchev–Trinajstić information content (AvgIpc) is 2.30. The topological polar surface area (TPSA) is 29.5 Å². The van der Waals surface area contributed by atoms with Crippen LogP contribution in [0.1, 0.15) is 36.8 Å². The lowest BCUT2D eigenvalue weighted by Crippen LogP contribution is -2.19. The molecule has 18 heavy (non-hydrogen) atoms. The minimum Gasteiger partial charge on any atom is -0.493 e. The molecule has 96 valence electrons. The van der Waals surface area contributed by atoms with Crippen LogP contribution < -0.4 is 4.74 Å². The Hall–Kier alpha value is -1.46. The van der Waals surface area contributed by atoms with Gasteiger partial charge in [-0.1, -0.05) is 18.3 Å².